The molecule has 0 amide bonds. The van der Waals surface area contributed by atoms with Gasteiger partial charge in [0.2, 0.25) is 0 Å². The van der Waals surface area contributed by atoms with Crippen LogP contribution in [0.5, 0.6) is 0 Å². The Morgan fingerprint density at radius 2 is 2.58 bits per heavy atom. The molecule has 1 rings (SSSR count). The van der Waals surface area contributed by atoms with Gasteiger partial charge in [-0.25, -0.2) is 4.98 Å². The van der Waals surface area contributed by atoms with Gasteiger partial charge in [0.1, 0.15) is 11.3 Å². The second-order valence-electron chi connectivity index (χ2n) is 2.09. The van der Waals surface area contributed by atoms with E-state index >= 15 is 0 Å². The summed E-state index contributed by atoms with van der Waals surface area (Å²) < 4.78 is 4.90. The first-order valence-electron chi connectivity index (χ1n) is 3.42. The summed E-state index contributed by atoms with van der Waals surface area (Å²) in [6.45, 7) is 0.527. The predicted molar refractivity (Wildman–Crippen MR) is 47.9 cm³/mol. The molecule has 12 heavy (non-hydrogen) atoms. The average Bonchev–Trinajstić information content (AvgIpc) is 2.50. The number of carbonyl (C=O) groups is 1. The molecule has 1 heterocycles. The van der Waals surface area contributed by atoms with Crippen LogP contribution in [0.2, 0.25) is 0 Å². The summed E-state index contributed by atoms with van der Waals surface area (Å²) in [5.74, 6) is 0. The Hall–Kier alpha value is -1.00. The number of hydrogen-bond donors (Lipinski definition) is 0. The van der Waals surface area contributed by atoms with Crippen LogP contribution in [-0.4, -0.2) is 18.4 Å². The van der Waals surface area contributed by atoms with Crippen LogP contribution in [0.1, 0.15) is 10.7 Å². The first kappa shape index (κ1) is 9.09. The van der Waals surface area contributed by atoms with Crippen LogP contribution in [0, 0.1) is 0 Å². The van der Waals surface area contributed by atoms with Gasteiger partial charge >= 0.3 is 0 Å². The van der Waals surface area contributed by atoms with E-state index in [2.05, 4.69) is 4.98 Å². The third-order valence-corrected chi connectivity index (χ3v) is 2.02. The number of nitrogens with zero attached hydrogens (tertiary/aromatic N) is 1. The number of aldehydes is 1. The van der Waals surface area contributed by atoms with Crippen molar-refractivity contribution in [1.82, 2.24) is 4.98 Å². The Kier molecular flexibility index (Phi) is 3.63. The van der Waals surface area contributed by atoms with Crippen LogP contribution < -0.4 is 0 Å². The fraction of sp³-hybridized carbons (Fsp3) is 0.250. The summed E-state index contributed by atoms with van der Waals surface area (Å²) in [5, 5.41) is 2.80. The number of thiazole rings is 1. The lowest BCUT2D eigenvalue weighted by Crippen LogP contribution is -1.85. The standard InChI is InChI=1S/C8H9NO2S/c1-11-5-8-9-7(6-12-8)3-2-4-10/h2-4,6H,5H2,1H3/b3-2+. The second-order valence-corrected chi connectivity index (χ2v) is 3.04. The number of allylic oxidation sites excluding steroid dienone is 1. The highest BCUT2D eigenvalue weighted by Crippen LogP contribution is 2.11. The molecular weight excluding hydrogens is 174 g/mol. The van der Waals surface area contributed by atoms with Crippen LogP contribution in [0.15, 0.2) is 11.5 Å². The zero-order chi connectivity index (χ0) is 8.81. The first-order valence-corrected chi connectivity index (χ1v) is 4.30. The maximum atomic E-state index is 9.97. The Bertz CT molecular complexity index is 280. The van der Waals surface area contributed by atoms with Crippen molar-refractivity contribution in [1.29, 1.82) is 0 Å². The van der Waals surface area contributed by atoms with Gasteiger partial charge in [-0.1, -0.05) is 0 Å². The molecule has 0 spiro atoms. The highest BCUT2D eigenvalue weighted by atomic mass is 32.1. The third kappa shape index (κ3) is 2.56. The predicted octanol–water partition coefficient (Wildman–Crippen LogP) is 1.50. The lowest BCUT2D eigenvalue weighted by Gasteiger charge is -1.88. The average molecular weight is 183 g/mol. The minimum absolute atomic E-state index is 0.527. The third-order valence-electron chi connectivity index (χ3n) is 1.18. The molecule has 0 bridgehead atoms. The topological polar surface area (TPSA) is 39.2 Å². The number of hydrogen-bond acceptors (Lipinski definition) is 4. The van der Waals surface area contributed by atoms with Crippen LogP contribution >= 0.6 is 11.3 Å². The summed E-state index contributed by atoms with van der Waals surface area (Å²) >= 11 is 1.52. The quantitative estimate of drug-likeness (QED) is 0.524. The van der Waals surface area contributed by atoms with E-state index in [0.29, 0.717) is 6.61 Å². The highest BCUT2D eigenvalue weighted by Gasteiger charge is 1.96. The number of aromatic nitrogens is 1. The minimum atomic E-state index is 0.527. The van der Waals surface area contributed by atoms with Crippen molar-refractivity contribution in [2.24, 2.45) is 0 Å². The van der Waals surface area contributed by atoms with E-state index < -0.39 is 0 Å². The van der Waals surface area contributed by atoms with Crippen molar-refractivity contribution in [3.8, 4) is 0 Å². The normalized spacial score (nSPS) is 10.8. The Balaban J connectivity index is 2.63. The summed E-state index contributed by atoms with van der Waals surface area (Å²) in [6.07, 6.45) is 3.82. The molecule has 1 aromatic heterocycles. The molecule has 64 valence electrons. The molecule has 3 nitrogen and oxygen atoms in total. The monoisotopic (exact) mass is 183 g/mol. The van der Waals surface area contributed by atoms with Gasteiger partial charge in [-0.15, -0.1) is 11.3 Å². The van der Waals surface area contributed by atoms with Gasteiger partial charge < -0.3 is 4.74 Å². The van der Waals surface area contributed by atoms with Crippen molar-refractivity contribution in [3.63, 3.8) is 0 Å². The molecule has 0 saturated carbocycles. The molecule has 4 heteroatoms. The SMILES string of the molecule is COCc1nc(/C=C/C=O)cs1. The van der Waals surface area contributed by atoms with E-state index in [0.717, 1.165) is 17.0 Å². The lowest BCUT2D eigenvalue weighted by molar-refractivity contribution is -0.104. The van der Waals surface area contributed by atoms with Crippen LogP contribution in [-0.2, 0) is 16.1 Å². The molecule has 0 aliphatic carbocycles. The van der Waals surface area contributed by atoms with E-state index in [-0.39, 0.29) is 0 Å². The number of carbonyl (C=O) groups excluding carboxylic acids is 1. The molecular formula is C8H9NO2S. The maximum absolute atomic E-state index is 9.97. The van der Waals surface area contributed by atoms with E-state index in [1.807, 2.05) is 5.38 Å². The second kappa shape index (κ2) is 4.79. The first-order chi connectivity index (χ1) is 5.86. The number of methoxy groups -OCH3 is 1. The van der Waals surface area contributed by atoms with E-state index in [1.165, 1.54) is 17.4 Å². The van der Waals surface area contributed by atoms with Gasteiger partial charge in [0.15, 0.2) is 0 Å². The van der Waals surface area contributed by atoms with Crippen molar-refractivity contribution in [2.75, 3.05) is 7.11 Å². The van der Waals surface area contributed by atoms with Crippen molar-refractivity contribution in [3.05, 3.63) is 22.2 Å². The number of ether oxygens (including phenoxy) is 1. The maximum Gasteiger partial charge on any atom is 0.142 e. The van der Waals surface area contributed by atoms with Gasteiger partial charge in [-0.2, -0.15) is 0 Å². The van der Waals surface area contributed by atoms with Gasteiger partial charge in [-0.05, 0) is 12.2 Å². The number of rotatable bonds is 4. The molecule has 0 atom stereocenters. The largest absolute Gasteiger partial charge is 0.378 e. The fourth-order valence-electron chi connectivity index (χ4n) is 0.729. The van der Waals surface area contributed by atoms with E-state index in [9.17, 15) is 4.79 Å². The zero-order valence-electron chi connectivity index (χ0n) is 6.69. The van der Waals surface area contributed by atoms with Gasteiger partial charge in [0.05, 0.1) is 12.3 Å². The van der Waals surface area contributed by atoms with Crippen LogP contribution in [0.4, 0.5) is 0 Å². The summed E-state index contributed by atoms with van der Waals surface area (Å²) in [6, 6.07) is 0. The molecule has 0 radical (unpaired) electrons. The van der Waals surface area contributed by atoms with Gasteiger partial charge in [-0.3, -0.25) is 4.79 Å². The van der Waals surface area contributed by atoms with E-state index in [4.69, 9.17) is 4.74 Å². The Labute approximate surface area is 74.7 Å². The van der Waals surface area contributed by atoms with Crippen LogP contribution in [0.3, 0.4) is 0 Å². The van der Waals surface area contributed by atoms with E-state index in [1.54, 1.807) is 13.2 Å². The van der Waals surface area contributed by atoms with Crippen LogP contribution in [0.25, 0.3) is 6.08 Å². The zero-order valence-corrected chi connectivity index (χ0v) is 7.50. The van der Waals surface area contributed by atoms with Gasteiger partial charge in [0.25, 0.3) is 0 Å². The molecule has 1 aromatic rings. The Morgan fingerprint density at radius 3 is 3.25 bits per heavy atom. The van der Waals surface area contributed by atoms with Gasteiger partial charge in [0, 0.05) is 12.5 Å². The molecule has 0 saturated heterocycles. The molecule has 0 fully saturated rings. The summed E-state index contributed by atoms with van der Waals surface area (Å²) in [4.78, 5) is 14.2. The summed E-state index contributed by atoms with van der Waals surface area (Å²) in [5.41, 5.74) is 0.805. The molecule has 0 N–H and O–H groups in total. The minimum Gasteiger partial charge on any atom is -0.378 e. The molecule has 0 aliphatic rings. The highest BCUT2D eigenvalue weighted by molar-refractivity contribution is 7.09. The van der Waals surface area contributed by atoms with Crippen molar-refractivity contribution >= 4 is 23.7 Å². The Morgan fingerprint density at radius 1 is 1.75 bits per heavy atom. The molecule has 0 aromatic carbocycles. The van der Waals surface area contributed by atoms with Crippen molar-refractivity contribution in [2.45, 2.75) is 6.61 Å². The van der Waals surface area contributed by atoms with Crippen molar-refractivity contribution < 1.29 is 9.53 Å². The lowest BCUT2D eigenvalue weighted by atomic mass is 10.4. The molecule has 0 aliphatic heterocycles. The molecule has 0 unspecified atom stereocenters. The fourth-order valence-corrected chi connectivity index (χ4v) is 1.46. The smallest absolute Gasteiger partial charge is 0.142 e. The summed E-state index contributed by atoms with van der Waals surface area (Å²) in [7, 11) is 1.63.